The number of methoxy groups -OCH3 is 2. The average molecular weight is 258 g/mol. The van der Waals surface area contributed by atoms with Gasteiger partial charge in [0.05, 0.1) is 13.2 Å². The second-order valence-corrected chi connectivity index (χ2v) is 4.45. The van der Waals surface area contributed by atoms with Crippen LogP contribution in [-0.4, -0.2) is 56.2 Å². The van der Waals surface area contributed by atoms with Crippen molar-refractivity contribution < 1.29 is 19.1 Å². The third-order valence-electron chi connectivity index (χ3n) is 3.19. The fourth-order valence-corrected chi connectivity index (χ4v) is 2.20. The summed E-state index contributed by atoms with van der Waals surface area (Å²) in [6.45, 7) is 1.16. The molecule has 104 valence electrons. The molecule has 2 atom stereocenters. The Bertz CT molecular complexity index is 296. The largest absolute Gasteiger partial charge is 0.467 e. The number of rotatable bonds is 6. The van der Waals surface area contributed by atoms with Crippen LogP contribution in [0.15, 0.2) is 0 Å². The second-order valence-electron chi connectivity index (χ2n) is 4.45. The normalized spacial score (nSPS) is 20.8. The molecule has 0 aromatic carbocycles. The highest BCUT2D eigenvalue weighted by Gasteiger charge is 2.36. The minimum Gasteiger partial charge on any atom is -0.467 e. The predicted octanol–water partition coefficient (Wildman–Crippen LogP) is -0.0957. The zero-order valence-electron chi connectivity index (χ0n) is 11.1. The van der Waals surface area contributed by atoms with Gasteiger partial charge < -0.3 is 20.1 Å². The summed E-state index contributed by atoms with van der Waals surface area (Å²) in [5.74, 6) is -0.524. The highest BCUT2D eigenvalue weighted by atomic mass is 16.5. The van der Waals surface area contributed by atoms with E-state index in [0.717, 1.165) is 12.8 Å². The Morgan fingerprint density at radius 1 is 1.44 bits per heavy atom. The van der Waals surface area contributed by atoms with E-state index in [0.29, 0.717) is 26.0 Å². The molecular formula is C12H22N2O4. The number of nitrogens with zero attached hydrogens (tertiary/aromatic N) is 1. The fourth-order valence-electron chi connectivity index (χ4n) is 2.20. The van der Waals surface area contributed by atoms with Crippen molar-refractivity contribution in [1.29, 1.82) is 0 Å². The Morgan fingerprint density at radius 2 is 2.17 bits per heavy atom. The van der Waals surface area contributed by atoms with Crippen LogP contribution in [0.25, 0.3) is 0 Å². The van der Waals surface area contributed by atoms with Gasteiger partial charge in [0.1, 0.15) is 6.04 Å². The molecule has 0 bridgehead atoms. The fraction of sp³-hybridized carbons (Fsp3) is 0.833. The van der Waals surface area contributed by atoms with E-state index in [1.807, 2.05) is 0 Å². The molecule has 0 spiro atoms. The standard InChI is InChI=1S/C12H22N2O4/c1-17-8-4-5-9(13)11(15)14-7-3-6-10(14)12(16)18-2/h9-10H,3-8,13H2,1-2H3. The monoisotopic (exact) mass is 258 g/mol. The molecular weight excluding hydrogens is 236 g/mol. The van der Waals surface area contributed by atoms with Gasteiger partial charge >= 0.3 is 5.97 Å². The predicted molar refractivity (Wildman–Crippen MR) is 65.8 cm³/mol. The van der Waals surface area contributed by atoms with Crippen LogP contribution in [0.5, 0.6) is 0 Å². The van der Waals surface area contributed by atoms with Crippen molar-refractivity contribution in [2.75, 3.05) is 27.4 Å². The quantitative estimate of drug-likeness (QED) is 0.531. The Morgan fingerprint density at radius 3 is 2.78 bits per heavy atom. The highest BCUT2D eigenvalue weighted by Crippen LogP contribution is 2.19. The van der Waals surface area contributed by atoms with Gasteiger partial charge in [-0.3, -0.25) is 4.79 Å². The molecule has 1 aliphatic rings. The van der Waals surface area contributed by atoms with Crippen LogP contribution in [-0.2, 0) is 19.1 Å². The molecule has 1 heterocycles. The van der Waals surface area contributed by atoms with E-state index in [9.17, 15) is 9.59 Å². The van der Waals surface area contributed by atoms with Crippen molar-refractivity contribution in [2.24, 2.45) is 5.73 Å². The number of carbonyl (C=O) groups excluding carboxylic acids is 2. The van der Waals surface area contributed by atoms with Crippen LogP contribution in [0.2, 0.25) is 0 Å². The molecule has 1 saturated heterocycles. The number of amides is 1. The first kappa shape index (κ1) is 14.9. The maximum absolute atomic E-state index is 12.1. The molecule has 6 heteroatoms. The number of hydrogen-bond acceptors (Lipinski definition) is 5. The van der Waals surface area contributed by atoms with Gasteiger partial charge in [0, 0.05) is 20.3 Å². The van der Waals surface area contributed by atoms with E-state index in [-0.39, 0.29) is 11.9 Å². The number of likely N-dealkylation sites (tertiary alicyclic amines) is 1. The minimum absolute atomic E-state index is 0.168. The van der Waals surface area contributed by atoms with E-state index >= 15 is 0 Å². The molecule has 0 aromatic rings. The molecule has 0 radical (unpaired) electrons. The number of hydrogen-bond donors (Lipinski definition) is 1. The maximum Gasteiger partial charge on any atom is 0.328 e. The Hall–Kier alpha value is -1.14. The number of esters is 1. The van der Waals surface area contributed by atoms with Gasteiger partial charge in [-0.1, -0.05) is 0 Å². The minimum atomic E-state index is -0.564. The highest BCUT2D eigenvalue weighted by molar-refractivity contribution is 5.88. The smallest absolute Gasteiger partial charge is 0.328 e. The average Bonchev–Trinajstić information content (AvgIpc) is 2.86. The molecule has 0 aromatic heterocycles. The summed E-state index contributed by atoms with van der Waals surface area (Å²) in [4.78, 5) is 25.2. The third-order valence-corrected chi connectivity index (χ3v) is 3.19. The number of nitrogens with two attached hydrogens (primary N) is 1. The Kier molecular flexibility index (Phi) is 6.07. The van der Waals surface area contributed by atoms with Crippen LogP contribution in [0.1, 0.15) is 25.7 Å². The van der Waals surface area contributed by atoms with Crippen LogP contribution < -0.4 is 5.73 Å². The number of ether oxygens (including phenoxy) is 2. The molecule has 18 heavy (non-hydrogen) atoms. The van der Waals surface area contributed by atoms with E-state index in [4.69, 9.17) is 15.2 Å². The Balaban J connectivity index is 2.51. The molecule has 2 N–H and O–H groups in total. The van der Waals surface area contributed by atoms with Crippen LogP contribution in [0.3, 0.4) is 0 Å². The van der Waals surface area contributed by atoms with Gasteiger partial charge in [0.25, 0.3) is 0 Å². The second kappa shape index (κ2) is 7.33. The lowest BCUT2D eigenvalue weighted by molar-refractivity contribution is -0.151. The van der Waals surface area contributed by atoms with Crippen molar-refractivity contribution in [3.63, 3.8) is 0 Å². The van der Waals surface area contributed by atoms with Gasteiger partial charge in [-0.05, 0) is 25.7 Å². The molecule has 1 fully saturated rings. The molecule has 1 amide bonds. The van der Waals surface area contributed by atoms with Crippen LogP contribution >= 0.6 is 0 Å². The summed E-state index contributed by atoms with van der Waals surface area (Å²) in [5.41, 5.74) is 5.84. The lowest BCUT2D eigenvalue weighted by atomic mass is 10.1. The lowest BCUT2D eigenvalue weighted by Gasteiger charge is -2.25. The summed E-state index contributed by atoms with van der Waals surface area (Å²) in [5, 5.41) is 0. The molecule has 0 aliphatic carbocycles. The molecule has 0 saturated carbocycles. The molecule has 6 nitrogen and oxygen atoms in total. The first-order chi connectivity index (χ1) is 8.61. The van der Waals surface area contributed by atoms with Crippen molar-refractivity contribution in [1.82, 2.24) is 4.90 Å². The lowest BCUT2D eigenvalue weighted by Crippen LogP contribution is -2.48. The SMILES string of the molecule is COCCCC(N)C(=O)N1CCCC1C(=O)OC. The van der Waals surface area contributed by atoms with Gasteiger partial charge in [-0.25, -0.2) is 4.79 Å². The van der Waals surface area contributed by atoms with Gasteiger partial charge in [0.2, 0.25) is 5.91 Å². The van der Waals surface area contributed by atoms with E-state index < -0.39 is 12.1 Å². The first-order valence-corrected chi connectivity index (χ1v) is 6.24. The van der Waals surface area contributed by atoms with E-state index in [1.165, 1.54) is 7.11 Å². The van der Waals surface area contributed by atoms with Gasteiger partial charge in [-0.15, -0.1) is 0 Å². The van der Waals surface area contributed by atoms with Crippen molar-refractivity contribution in [3.05, 3.63) is 0 Å². The summed E-state index contributed by atoms with van der Waals surface area (Å²) in [6, 6.07) is -1.03. The zero-order chi connectivity index (χ0) is 13.5. The summed E-state index contributed by atoms with van der Waals surface area (Å²) in [7, 11) is 2.95. The van der Waals surface area contributed by atoms with E-state index in [1.54, 1.807) is 12.0 Å². The van der Waals surface area contributed by atoms with Gasteiger partial charge in [0.15, 0.2) is 0 Å². The summed E-state index contributed by atoms with van der Waals surface area (Å²) >= 11 is 0. The topological polar surface area (TPSA) is 81.9 Å². The van der Waals surface area contributed by atoms with Crippen LogP contribution in [0.4, 0.5) is 0 Å². The van der Waals surface area contributed by atoms with Crippen molar-refractivity contribution in [2.45, 2.75) is 37.8 Å². The van der Waals surface area contributed by atoms with E-state index in [2.05, 4.69) is 0 Å². The summed E-state index contributed by atoms with van der Waals surface area (Å²) in [6.07, 6.45) is 2.77. The first-order valence-electron chi connectivity index (χ1n) is 6.24. The molecule has 1 aliphatic heterocycles. The van der Waals surface area contributed by atoms with Gasteiger partial charge in [-0.2, -0.15) is 0 Å². The van der Waals surface area contributed by atoms with Crippen molar-refractivity contribution in [3.8, 4) is 0 Å². The Labute approximate surface area is 107 Å². The molecule has 1 rings (SSSR count). The summed E-state index contributed by atoms with van der Waals surface area (Å²) < 4.78 is 9.62. The zero-order valence-corrected chi connectivity index (χ0v) is 11.1. The van der Waals surface area contributed by atoms with Crippen LogP contribution in [0, 0.1) is 0 Å². The van der Waals surface area contributed by atoms with Crippen molar-refractivity contribution >= 4 is 11.9 Å². The third kappa shape index (κ3) is 3.68. The number of carbonyl (C=O) groups is 2. The molecule has 2 unspecified atom stereocenters. The maximum atomic E-state index is 12.1.